The molecule has 4 atom stereocenters. The summed E-state index contributed by atoms with van der Waals surface area (Å²) in [4.78, 5) is 40.9. The van der Waals surface area contributed by atoms with Crippen LogP contribution in [0.1, 0.15) is 57.9 Å². The predicted molar refractivity (Wildman–Crippen MR) is 166 cm³/mol. The highest BCUT2D eigenvalue weighted by Gasteiger charge is 2.13. The topological polar surface area (TPSA) is 361 Å². The molecule has 1 aromatic rings. The third kappa shape index (κ3) is 29.5. The van der Waals surface area contributed by atoms with Crippen LogP contribution in [0.15, 0.2) is 24.3 Å². The minimum absolute atomic E-state index is 0.112. The molecule has 0 radical (unpaired) electrons. The number of carbonyl (C=O) groups is 4. The fraction of sp³-hybridized carbons (Fsp3) is 0.593. The van der Waals surface area contributed by atoms with Gasteiger partial charge in [0, 0.05) is 6.54 Å². The Balaban J connectivity index is -0.000000515. The van der Waals surface area contributed by atoms with Crippen molar-refractivity contribution in [1.82, 2.24) is 5.32 Å². The molecule has 0 aromatic heterocycles. The highest BCUT2D eigenvalue weighted by Crippen LogP contribution is 2.10. The maximum atomic E-state index is 10.4. The average molecular weight is 633 g/mol. The van der Waals surface area contributed by atoms with Gasteiger partial charge in [0.2, 0.25) is 0 Å². The Labute approximate surface area is 257 Å². The van der Waals surface area contributed by atoms with E-state index >= 15 is 0 Å². The summed E-state index contributed by atoms with van der Waals surface area (Å²) < 4.78 is 0. The van der Waals surface area contributed by atoms with Crippen molar-refractivity contribution in [1.29, 1.82) is 5.41 Å². The van der Waals surface area contributed by atoms with E-state index in [1.54, 1.807) is 12.1 Å². The fourth-order valence-corrected chi connectivity index (χ4v) is 2.88. The van der Waals surface area contributed by atoms with Crippen LogP contribution >= 0.6 is 0 Å². The smallest absolute Gasteiger partial charge is 0.320 e. The van der Waals surface area contributed by atoms with Crippen molar-refractivity contribution in [2.75, 3.05) is 13.1 Å². The van der Waals surface area contributed by atoms with Crippen LogP contribution in [0, 0.1) is 11.3 Å². The van der Waals surface area contributed by atoms with E-state index in [-0.39, 0.29) is 18.1 Å². The number of unbranched alkanes of at least 4 members (excludes halogenated alkanes) is 1. The molecular formula is C27H52N8O9. The minimum Gasteiger partial charge on any atom is -0.508 e. The van der Waals surface area contributed by atoms with Crippen molar-refractivity contribution >= 4 is 29.8 Å². The van der Waals surface area contributed by atoms with E-state index in [1.807, 2.05) is 13.8 Å². The lowest BCUT2D eigenvalue weighted by Gasteiger charge is -2.07. The Morgan fingerprint density at radius 1 is 0.750 bits per heavy atom. The van der Waals surface area contributed by atoms with Crippen molar-refractivity contribution in [2.24, 2.45) is 40.3 Å². The third-order valence-electron chi connectivity index (χ3n) is 5.36. The quantitative estimate of drug-likeness (QED) is 0.0588. The number of rotatable bonds is 16. The number of phenols is 1. The first-order valence-electron chi connectivity index (χ1n) is 13.8. The van der Waals surface area contributed by atoms with Crippen LogP contribution in [0.4, 0.5) is 0 Å². The zero-order chi connectivity index (χ0) is 34.8. The van der Waals surface area contributed by atoms with E-state index in [4.69, 9.17) is 65.3 Å². The van der Waals surface area contributed by atoms with Crippen molar-refractivity contribution < 1.29 is 44.7 Å². The normalized spacial score (nSPS) is 12.7. The third-order valence-corrected chi connectivity index (χ3v) is 5.36. The van der Waals surface area contributed by atoms with Crippen LogP contribution in [0.5, 0.6) is 5.75 Å². The SMILES string of the molecule is CC(C)CC(N)C(=O)O.N=C(N)NCCCC(N)C(=O)O.NC(Cc1ccc(O)cc1)C(=O)O.NCCCCC(N)C(=O)O. The summed E-state index contributed by atoms with van der Waals surface area (Å²) >= 11 is 0. The van der Waals surface area contributed by atoms with Gasteiger partial charge in [-0.3, -0.25) is 24.6 Å². The summed E-state index contributed by atoms with van der Waals surface area (Å²) in [5.74, 6) is -3.46. The number of nitrogens with one attached hydrogen (secondary N) is 2. The van der Waals surface area contributed by atoms with Crippen LogP contribution in [-0.2, 0) is 25.6 Å². The molecule has 17 heteroatoms. The summed E-state index contributed by atoms with van der Waals surface area (Å²) in [7, 11) is 0. The Morgan fingerprint density at radius 3 is 1.52 bits per heavy atom. The molecule has 0 amide bonds. The molecule has 0 fully saturated rings. The molecule has 17 nitrogen and oxygen atoms in total. The average Bonchev–Trinajstić information content (AvgIpc) is 2.92. The highest BCUT2D eigenvalue weighted by molar-refractivity contribution is 5.75. The number of hydrogen-bond donors (Lipinski definition) is 13. The van der Waals surface area contributed by atoms with Gasteiger partial charge in [-0.25, -0.2) is 0 Å². The Bertz CT molecular complexity index is 965. The first-order valence-corrected chi connectivity index (χ1v) is 13.8. The lowest BCUT2D eigenvalue weighted by molar-refractivity contribution is -0.139. The molecule has 1 rings (SSSR count). The first-order chi connectivity index (χ1) is 20.3. The largest absolute Gasteiger partial charge is 0.508 e. The van der Waals surface area contributed by atoms with Gasteiger partial charge in [0.25, 0.3) is 0 Å². The molecule has 19 N–H and O–H groups in total. The van der Waals surface area contributed by atoms with E-state index in [1.165, 1.54) is 12.1 Å². The number of aromatic hydroxyl groups is 1. The van der Waals surface area contributed by atoms with Gasteiger partial charge in [-0.1, -0.05) is 32.4 Å². The second kappa shape index (κ2) is 26.6. The van der Waals surface area contributed by atoms with Gasteiger partial charge in [-0.15, -0.1) is 0 Å². The second-order valence-corrected chi connectivity index (χ2v) is 10.0. The zero-order valence-electron chi connectivity index (χ0n) is 25.4. The first kappa shape index (κ1) is 44.4. The fourth-order valence-electron chi connectivity index (χ4n) is 2.88. The van der Waals surface area contributed by atoms with Gasteiger partial charge in [0.05, 0.1) is 0 Å². The number of hydrogen-bond acceptors (Lipinski definition) is 11. The van der Waals surface area contributed by atoms with E-state index in [9.17, 15) is 19.2 Å². The number of aliphatic carboxylic acids is 4. The molecule has 0 aliphatic rings. The molecule has 0 heterocycles. The molecule has 0 aliphatic carbocycles. The summed E-state index contributed by atoms with van der Waals surface area (Å²) in [6.45, 7) is 4.98. The molecule has 0 saturated carbocycles. The Morgan fingerprint density at radius 2 is 1.18 bits per heavy atom. The van der Waals surface area contributed by atoms with Crippen LogP contribution in [-0.4, -0.2) is 92.6 Å². The van der Waals surface area contributed by atoms with Crippen molar-refractivity contribution in [3.05, 3.63) is 29.8 Å². The van der Waals surface area contributed by atoms with Gasteiger partial charge in [-0.2, -0.15) is 0 Å². The molecular weight excluding hydrogens is 580 g/mol. The van der Waals surface area contributed by atoms with Gasteiger partial charge in [0.1, 0.15) is 29.9 Å². The lowest BCUT2D eigenvalue weighted by atomic mass is 10.1. The lowest BCUT2D eigenvalue weighted by Crippen LogP contribution is -2.34. The highest BCUT2D eigenvalue weighted by atomic mass is 16.4. The zero-order valence-corrected chi connectivity index (χ0v) is 25.4. The number of carboxylic acid groups (broad SMARTS) is 4. The Kier molecular flexibility index (Phi) is 26.8. The van der Waals surface area contributed by atoms with Crippen molar-refractivity contribution in [2.45, 2.75) is 83.0 Å². The summed E-state index contributed by atoms with van der Waals surface area (Å²) in [6, 6.07) is 3.20. The van der Waals surface area contributed by atoms with Crippen LogP contribution < -0.4 is 39.7 Å². The van der Waals surface area contributed by atoms with E-state index in [0.29, 0.717) is 44.7 Å². The van der Waals surface area contributed by atoms with Gasteiger partial charge >= 0.3 is 23.9 Å². The van der Waals surface area contributed by atoms with E-state index in [2.05, 4.69) is 5.32 Å². The monoisotopic (exact) mass is 632 g/mol. The number of benzene rings is 1. The van der Waals surface area contributed by atoms with Gasteiger partial charge < -0.3 is 65.3 Å². The summed E-state index contributed by atoms with van der Waals surface area (Å²) in [6.07, 6.45) is 3.96. The molecule has 0 saturated heterocycles. The van der Waals surface area contributed by atoms with Crippen LogP contribution in [0.3, 0.4) is 0 Å². The number of nitrogens with two attached hydrogens (primary N) is 6. The maximum Gasteiger partial charge on any atom is 0.320 e. The maximum absolute atomic E-state index is 10.4. The Hall–Kier alpha value is -4.03. The molecule has 1 aromatic carbocycles. The molecule has 0 spiro atoms. The molecule has 0 aliphatic heterocycles. The number of phenolic OH excluding ortho intramolecular Hbond substituents is 1. The van der Waals surface area contributed by atoms with E-state index < -0.39 is 48.0 Å². The van der Waals surface area contributed by atoms with Crippen LogP contribution in [0.25, 0.3) is 0 Å². The van der Waals surface area contributed by atoms with E-state index in [0.717, 1.165) is 18.4 Å². The predicted octanol–water partition coefficient (Wildman–Crippen LogP) is -1.02. The minimum atomic E-state index is -1.02. The molecule has 0 bridgehead atoms. The standard InChI is InChI=1S/C9H11NO3.C6H14N4O2.C6H14N2O2.C6H13NO2/c10-8(9(12)13)5-6-1-3-7(11)4-2-6;7-4(5(11)12)2-1-3-10-6(8)9;7-4-2-1-3-5(8)6(9)10;1-4(2)3-5(7)6(8)9/h1-4,8,11H,5,10H2,(H,12,13);4H,1-3,7H2,(H,11,12)(H4,8,9,10);5H,1-4,7-8H2,(H,9,10);4-5H,3,7H2,1-2H3,(H,8,9). The van der Waals surface area contributed by atoms with Crippen molar-refractivity contribution in [3.63, 3.8) is 0 Å². The summed E-state index contributed by atoms with van der Waals surface area (Å²) in [5.41, 5.74) is 32.0. The number of carboxylic acids is 4. The molecule has 44 heavy (non-hydrogen) atoms. The molecule has 254 valence electrons. The van der Waals surface area contributed by atoms with Crippen molar-refractivity contribution in [3.8, 4) is 5.75 Å². The van der Waals surface area contributed by atoms with Gasteiger partial charge in [0.15, 0.2) is 5.96 Å². The molecule has 4 unspecified atom stereocenters. The number of guanidine groups is 1. The van der Waals surface area contributed by atoms with Crippen LogP contribution in [0.2, 0.25) is 0 Å². The summed E-state index contributed by atoms with van der Waals surface area (Å²) in [5, 5.41) is 51.8. The van der Waals surface area contributed by atoms with Gasteiger partial charge in [-0.05, 0) is 68.7 Å². The second-order valence-electron chi connectivity index (χ2n) is 10.0.